The molecule has 2 heterocycles. The first-order valence-electron chi connectivity index (χ1n) is 7.79. The van der Waals surface area contributed by atoms with Crippen LogP contribution in [0.1, 0.15) is 15.2 Å². The van der Waals surface area contributed by atoms with E-state index >= 15 is 0 Å². The second-order valence-corrected chi connectivity index (χ2v) is 6.66. The van der Waals surface area contributed by atoms with Crippen LogP contribution in [-0.2, 0) is 18.4 Å². The molecule has 0 aliphatic carbocycles. The predicted octanol–water partition coefficient (Wildman–Crippen LogP) is 1.97. The lowest BCUT2D eigenvalue weighted by Gasteiger charge is -2.06. The first-order chi connectivity index (χ1) is 12.5. The summed E-state index contributed by atoms with van der Waals surface area (Å²) in [4.78, 5) is 27.7. The Morgan fingerprint density at radius 3 is 2.65 bits per heavy atom. The number of anilines is 1. The number of thiazole rings is 1. The highest BCUT2D eigenvalue weighted by atomic mass is 32.1. The maximum Gasteiger partial charge on any atom is 0.322 e. The van der Waals surface area contributed by atoms with Crippen LogP contribution in [0.2, 0.25) is 0 Å². The van der Waals surface area contributed by atoms with E-state index in [1.165, 1.54) is 0 Å². The summed E-state index contributed by atoms with van der Waals surface area (Å²) in [5.41, 5.74) is 2.25. The molecular formula is C17H17N5O3S. The minimum atomic E-state index is -1.08. The molecule has 0 aliphatic rings. The molecule has 0 aliphatic heterocycles. The number of rotatable bonds is 7. The van der Waals surface area contributed by atoms with Gasteiger partial charge >= 0.3 is 5.97 Å². The number of carbonyl (C=O) groups excluding carboxylic acids is 1. The average Bonchev–Trinajstić information content (AvgIpc) is 3.27. The highest BCUT2D eigenvalue weighted by Gasteiger charge is 2.08. The normalized spacial score (nSPS) is 10.5. The van der Waals surface area contributed by atoms with Crippen LogP contribution in [0.25, 0.3) is 10.6 Å². The Morgan fingerprint density at radius 2 is 2.00 bits per heavy atom. The molecule has 0 radical (unpaired) electrons. The summed E-state index contributed by atoms with van der Waals surface area (Å²) in [6.45, 7) is 0.214. The van der Waals surface area contributed by atoms with E-state index in [1.54, 1.807) is 46.5 Å². The van der Waals surface area contributed by atoms with E-state index in [-0.39, 0.29) is 0 Å². The van der Waals surface area contributed by atoms with Gasteiger partial charge in [-0.25, -0.2) is 4.98 Å². The van der Waals surface area contributed by atoms with Crippen LogP contribution in [-0.4, -0.2) is 38.3 Å². The Kier molecular flexibility index (Phi) is 5.28. The molecule has 0 saturated heterocycles. The molecule has 134 valence electrons. The number of nitrogens with zero attached hydrogens (tertiary/aromatic N) is 3. The fourth-order valence-electron chi connectivity index (χ4n) is 2.24. The Labute approximate surface area is 153 Å². The van der Waals surface area contributed by atoms with Gasteiger partial charge in [0, 0.05) is 41.1 Å². The van der Waals surface area contributed by atoms with Crippen molar-refractivity contribution in [2.24, 2.45) is 7.05 Å². The minimum absolute atomic E-state index is 0.399. The molecule has 3 rings (SSSR count). The van der Waals surface area contributed by atoms with Crippen molar-refractivity contribution < 1.29 is 14.7 Å². The summed E-state index contributed by atoms with van der Waals surface area (Å²) in [5.74, 6) is -1.49. The number of benzene rings is 1. The molecule has 0 atom stereocenters. The van der Waals surface area contributed by atoms with Crippen molar-refractivity contribution in [3.05, 3.63) is 53.3 Å². The van der Waals surface area contributed by atoms with Gasteiger partial charge in [-0.1, -0.05) is 0 Å². The molecule has 2 aromatic heterocycles. The molecule has 8 nitrogen and oxygen atoms in total. The third-order valence-electron chi connectivity index (χ3n) is 3.52. The molecule has 0 saturated carbocycles. The third kappa shape index (κ3) is 4.45. The maximum absolute atomic E-state index is 11.8. The van der Waals surface area contributed by atoms with Crippen molar-refractivity contribution in [1.82, 2.24) is 20.1 Å². The van der Waals surface area contributed by atoms with E-state index < -0.39 is 18.4 Å². The number of carboxylic acid groups (broad SMARTS) is 1. The van der Waals surface area contributed by atoms with E-state index in [1.807, 2.05) is 19.4 Å². The van der Waals surface area contributed by atoms with Crippen molar-refractivity contribution >= 4 is 28.9 Å². The number of nitrogens with one attached hydrogen (secondary N) is 2. The number of hydrogen-bond donors (Lipinski definition) is 3. The second-order valence-electron chi connectivity index (χ2n) is 5.54. The molecule has 0 fully saturated rings. The Morgan fingerprint density at radius 1 is 1.23 bits per heavy atom. The van der Waals surface area contributed by atoms with Crippen LogP contribution in [0.3, 0.4) is 0 Å². The minimum Gasteiger partial charge on any atom is -0.480 e. The van der Waals surface area contributed by atoms with Gasteiger partial charge in [0.15, 0.2) is 0 Å². The standard InChI is InChI=1S/C17H17N5O3S/c1-22-10-12(6-21-22)17-20-8-14(26-17)7-18-13-4-2-11(3-5-13)16(25)19-9-15(23)24/h2-6,8,10,18H,7,9H2,1H3,(H,19,25)(H,23,24). The molecule has 1 amide bonds. The number of aliphatic carboxylic acids is 1. The van der Waals surface area contributed by atoms with Gasteiger partial charge in [-0.15, -0.1) is 11.3 Å². The third-order valence-corrected chi connectivity index (χ3v) is 4.57. The Balaban J connectivity index is 1.56. The molecule has 3 N–H and O–H groups in total. The van der Waals surface area contributed by atoms with Crippen LogP contribution >= 0.6 is 11.3 Å². The predicted molar refractivity (Wildman–Crippen MR) is 98.1 cm³/mol. The van der Waals surface area contributed by atoms with Gasteiger partial charge < -0.3 is 15.7 Å². The highest BCUT2D eigenvalue weighted by Crippen LogP contribution is 2.25. The lowest BCUT2D eigenvalue weighted by Crippen LogP contribution is -2.29. The zero-order valence-corrected chi connectivity index (χ0v) is 14.8. The van der Waals surface area contributed by atoms with E-state index in [2.05, 4.69) is 20.7 Å². The average molecular weight is 371 g/mol. The number of carbonyl (C=O) groups is 2. The molecule has 9 heteroatoms. The van der Waals surface area contributed by atoms with Gasteiger partial charge in [0.05, 0.1) is 12.7 Å². The topological polar surface area (TPSA) is 109 Å². The van der Waals surface area contributed by atoms with Crippen molar-refractivity contribution in [3.8, 4) is 10.6 Å². The van der Waals surface area contributed by atoms with Crippen molar-refractivity contribution in [3.63, 3.8) is 0 Å². The number of hydrogen-bond acceptors (Lipinski definition) is 6. The van der Waals surface area contributed by atoms with E-state index in [9.17, 15) is 9.59 Å². The molecule has 26 heavy (non-hydrogen) atoms. The maximum atomic E-state index is 11.8. The van der Waals surface area contributed by atoms with Gasteiger partial charge in [0.2, 0.25) is 0 Å². The fraction of sp³-hybridized carbons (Fsp3) is 0.176. The van der Waals surface area contributed by atoms with Gasteiger partial charge in [0.25, 0.3) is 5.91 Å². The summed E-state index contributed by atoms with van der Waals surface area (Å²) >= 11 is 1.59. The van der Waals surface area contributed by atoms with Crippen molar-refractivity contribution in [1.29, 1.82) is 0 Å². The van der Waals surface area contributed by atoms with Gasteiger partial charge in [-0.3, -0.25) is 14.3 Å². The highest BCUT2D eigenvalue weighted by molar-refractivity contribution is 7.15. The Hall–Kier alpha value is -3.20. The summed E-state index contributed by atoms with van der Waals surface area (Å²) in [5, 5.41) is 19.2. The first-order valence-corrected chi connectivity index (χ1v) is 8.60. The largest absolute Gasteiger partial charge is 0.480 e. The molecule has 0 bridgehead atoms. The van der Waals surface area contributed by atoms with Crippen LogP contribution in [0.4, 0.5) is 5.69 Å². The number of aromatic nitrogens is 3. The summed E-state index contributed by atoms with van der Waals surface area (Å²) in [7, 11) is 1.87. The molecule has 1 aromatic carbocycles. The SMILES string of the molecule is Cn1cc(-c2ncc(CNc3ccc(C(=O)NCC(=O)O)cc3)s2)cn1. The molecule has 0 unspecified atom stereocenters. The van der Waals surface area contributed by atoms with Gasteiger partial charge in [-0.05, 0) is 24.3 Å². The van der Waals surface area contributed by atoms with Crippen LogP contribution < -0.4 is 10.6 Å². The monoisotopic (exact) mass is 371 g/mol. The first kappa shape index (κ1) is 17.6. The quantitative estimate of drug-likeness (QED) is 0.586. The van der Waals surface area contributed by atoms with E-state index in [0.29, 0.717) is 12.1 Å². The van der Waals surface area contributed by atoms with Crippen LogP contribution in [0, 0.1) is 0 Å². The smallest absolute Gasteiger partial charge is 0.322 e. The van der Waals surface area contributed by atoms with E-state index in [0.717, 1.165) is 21.1 Å². The fourth-order valence-corrected chi connectivity index (χ4v) is 3.07. The van der Waals surface area contributed by atoms with Gasteiger partial charge in [0.1, 0.15) is 11.6 Å². The summed E-state index contributed by atoms with van der Waals surface area (Å²) < 4.78 is 1.74. The number of carboxylic acids is 1. The zero-order chi connectivity index (χ0) is 18.5. The summed E-state index contributed by atoms with van der Waals surface area (Å²) in [6, 6.07) is 6.85. The number of amides is 1. The second kappa shape index (κ2) is 7.79. The van der Waals surface area contributed by atoms with Crippen molar-refractivity contribution in [2.45, 2.75) is 6.54 Å². The zero-order valence-electron chi connectivity index (χ0n) is 14.0. The lowest BCUT2D eigenvalue weighted by molar-refractivity contribution is -0.135. The summed E-state index contributed by atoms with van der Waals surface area (Å²) in [6.07, 6.45) is 5.53. The van der Waals surface area contributed by atoms with Crippen LogP contribution in [0.15, 0.2) is 42.9 Å². The molecule has 0 spiro atoms. The van der Waals surface area contributed by atoms with Crippen LogP contribution in [0.5, 0.6) is 0 Å². The lowest BCUT2D eigenvalue weighted by atomic mass is 10.2. The van der Waals surface area contributed by atoms with Crippen molar-refractivity contribution in [2.75, 3.05) is 11.9 Å². The van der Waals surface area contributed by atoms with Gasteiger partial charge in [-0.2, -0.15) is 5.10 Å². The molecule has 3 aromatic rings. The number of aryl methyl sites for hydroxylation is 1. The molecular weight excluding hydrogens is 354 g/mol. The Bertz CT molecular complexity index is 917. The van der Waals surface area contributed by atoms with E-state index in [4.69, 9.17) is 5.11 Å².